The number of hydrogen-bond acceptors (Lipinski definition) is 5. The second-order valence-electron chi connectivity index (χ2n) is 4.66. The van der Waals surface area contributed by atoms with E-state index in [1.54, 1.807) is 18.6 Å². The SMILES string of the molecule is COc1ccc2c(N)cc(-c3nc(CF)cs3)nc2c1C. The topological polar surface area (TPSA) is 61.0 Å². The predicted octanol–water partition coefficient (Wildman–Crippen LogP) is 3.73. The molecule has 3 aromatic rings. The summed E-state index contributed by atoms with van der Waals surface area (Å²) in [4.78, 5) is 8.84. The van der Waals surface area contributed by atoms with E-state index < -0.39 is 6.67 Å². The molecule has 2 heterocycles. The fourth-order valence-electron chi connectivity index (χ4n) is 2.25. The molecular formula is C15H14FN3OS. The number of alkyl halides is 1. The summed E-state index contributed by atoms with van der Waals surface area (Å²) < 4.78 is 17.9. The first-order valence-corrected chi connectivity index (χ1v) is 7.26. The number of aromatic nitrogens is 2. The van der Waals surface area contributed by atoms with E-state index in [1.165, 1.54) is 11.3 Å². The number of anilines is 1. The van der Waals surface area contributed by atoms with E-state index in [0.717, 1.165) is 22.2 Å². The lowest BCUT2D eigenvalue weighted by Gasteiger charge is -2.10. The molecule has 108 valence electrons. The van der Waals surface area contributed by atoms with E-state index in [-0.39, 0.29) is 0 Å². The van der Waals surface area contributed by atoms with E-state index in [4.69, 9.17) is 10.5 Å². The standard InChI is InChI=1S/C15H14FN3OS/c1-8-13(20-2)4-3-10-11(17)5-12(19-14(8)10)15-18-9(6-16)7-21-15/h3-5,7H,6H2,1-2H3,(H2,17,19). The van der Waals surface area contributed by atoms with Crippen LogP contribution in [0.2, 0.25) is 0 Å². The number of thiazole rings is 1. The molecule has 1 aromatic carbocycles. The van der Waals surface area contributed by atoms with Crippen LogP contribution in [0.1, 0.15) is 11.3 Å². The maximum atomic E-state index is 12.6. The normalized spacial score (nSPS) is 11.0. The molecule has 0 spiro atoms. The molecule has 4 nitrogen and oxygen atoms in total. The van der Waals surface area contributed by atoms with Crippen molar-refractivity contribution in [3.05, 3.63) is 34.8 Å². The average Bonchev–Trinajstić information content (AvgIpc) is 2.97. The third-order valence-electron chi connectivity index (χ3n) is 3.34. The fraction of sp³-hybridized carbons (Fsp3) is 0.200. The number of halogens is 1. The molecule has 2 N–H and O–H groups in total. The largest absolute Gasteiger partial charge is 0.496 e. The van der Waals surface area contributed by atoms with Crippen molar-refractivity contribution < 1.29 is 9.13 Å². The zero-order valence-electron chi connectivity index (χ0n) is 11.7. The van der Waals surface area contributed by atoms with Gasteiger partial charge in [-0.2, -0.15) is 0 Å². The zero-order valence-corrected chi connectivity index (χ0v) is 12.5. The molecular weight excluding hydrogens is 289 g/mol. The first kappa shape index (κ1) is 13.8. The number of nitrogen functional groups attached to an aromatic ring is 1. The molecule has 0 fully saturated rings. The van der Waals surface area contributed by atoms with Gasteiger partial charge in [0.15, 0.2) is 0 Å². The van der Waals surface area contributed by atoms with Gasteiger partial charge in [0, 0.05) is 22.0 Å². The number of pyridine rings is 1. The third-order valence-corrected chi connectivity index (χ3v) is 4.26. The van der Waals surface area contributed by atoms with Crippen LogP contribution in [0.4, 0.5) is 10.1 Å². The number of nitrogens with zero attached hydrogens (tertiary/aromatic N) is 2. The third kappa shape index (κ3) is 2.31. The summed E-state index contributed by atoms with van der Waals surface area (Å²) in [5.74, 6) is 0.759. The van der Waals surface area contributed by atoms with E-state index in [2.05, 4.69) is 9.97 Å². The molecule has 0 aliphatic rings. The molecule has 0 amide bonds. The van der Waals surface area contributed by atoms with E-state index in [1.807, 2.05) is 19.1 Å². The number of methoxy groups -OCH3 is 1. The Morgan fingerprint density at radius 1 is 1.33 bits per heavy atom. The van der Waals surface area contributed by atoms with Gasteiger partial charge in [-0.05, 0) is 25.1 Å². The molecule has 6 heteroatoms. The van der Waals surface area contributed by atoms with Gasteiger partial charge in [-0.1, -0.05) is 0 Å². The van der Waals surface area contributed by atoms with Gasteiger partial charge in [0.05, 0.1) is 18.3 Å². The quantitative estimate of drug-likeness (QED) is 0.801. The van der Waals surface area contributed by atoms with Crippen molar-refractivity contribution in [3.8, 4) is 16.5 Å². The van der Waals surface area contributed by atoms with Crippen molar-refractivity contribution in [1.82, 2.24) is 9.97 Å². The monoisotopic (exact) mass is 303 g/mol. The van der Waals surface area contributed by atoms with E-state index in [9.17, 15) is 4.39 Å². The van der Waals surface area contributed by atoms with Crippen LogP contribution < -0.4 is 10.5 Å². The van der Waals surface area contributed by atoms with Crippen LogP contribution in [0.5, 0.6) is 5.75 Å². The summed E-state index contributed by atoms with van der Waals surface area (Å²) in [5.41, 5.74) is 9.51. The number of nitrogens with two attached hydrogens (primary N) is 1. The zero-order chi connectivity index (χ0) is 15.0. The van der Waals surface area contributed by atoms with Gasteiger partial charge in [0.25, 0.3) is 0 Å². The number of aryl methyl sites for hydroxylation is 1. The van der Waals surface area contributed by atoms with E-state index in [0.29, 0.717) is 22.1 Å². The number of rotatable bonds is 3. The van der Waals surface area contributed by atoms with Gasteiger partial charge in [0.2, 0.25) is 0 Å². The number of ether oxygens (including phenoxy) is 1. The van der Waals surface area contributed by atoms with E-state index >= 15 is 0 Å². The molecule has 0 saturated carbocycles. The maximum absolute atomic E-state index is 12.6. The van der Waals surface area contributed by atoms with Crippen LogP contribution in [0.3, 0.4) is 0 Å². The number of benzene rings is 1. The molecule has 0 unspecified atom stereocenters. The van der Waals surface area contributed by atoms with Gasteiger partial charge >= 0.3 is 0 Å². The highest BCUT2D eigenvalue weighted by atomic mass is 32.1. The molecule has 0 radical (unpaired) electrons. The molecule has 0 saturated heterocycles. The predicted molar refractivity (Wildman–Crippen MR) is 83.4 cm³/mol. The Bertz CT molecular complexity index is 816. The Morgan fingerprint density at radius 3 is 2.81 bits per heavy atom. The second kappa shape index (κ2) is 5.29. The molecule has 0 aliphatic carbocycles. The van der Waals surface area contributed by atoms with Gasteiger partial charge < -0.3 is 10.5 Å². The van der Waals surface area contributed by atoms with Gasteiger partial charge in [-0.15, -0.1) is 11.3 Å². The molecule has 2 aromatic heterocycles. The first-order chi connectivity index (χ1) is 10.1. The lowest BCUT2D eigenvalue weighted by molar-refractivity contribution is 0.412. The minimum absolute atomic E-state index is 0.415. The lowest BCUT2D eigenvalue weighted by Crippen LogP contribution is -1.96. The summed E-state index contributed by atoms with van der Waals surface area (Å²) in [6.45, 7) is 1.36. The van der Waals surface area contributed by atoms with Crippen molar-refractivity contribution in [2.75, 3.05) is 12.8 Å². The summed E-state index contributed by atoms with van der Waals surface area (Å²) >= 11 is 1.36. The van der Waals surface area contributed by atoms with Crippen molar-refractivity contribution in [2.24, 2.45) is 0 Å². The van der Waals surface area contributed by atoms with Crippen LogP contribution in [0.15, 0.2) is 23.6 Å². The summed E-state index contributed by atoms with van der Waals surface area (Å²) in [7, 11) is 1.62. The van der Waals surface area contributed by atoms with Crippen molar-refractivity contribution in [2.45, 2.75) is 13.6 Å². The summed E-state index contributed by atoms with van der Waals surface area (Å²) in [6, 6.07) is 5.54. The smallest absolute Gasteiger partial charge is 0.142 e. The highest BCUT2D eigenvalue weighted by Gasteiger charge is 2.13. The Kier molecular flexibility index (Phi) is 3.47. The second-order valence-corrected chi connectivity index (χ2v) is 5.52. The minimum atomic E-state index is -0.577. The fourth-order valence-corrected chi connectivity index (χ4v) is 3.01. The van der Waals surface area contributed by atoms with Crippen molar-refractivity contribution in [3.63, 3.8) is 0 Å². The minimum Gasteiger partial charge on any atom is -0.496 e. The number of hydrogen-bond donors (Lipinski definition) is 1. The lowest BCUT2D eigenvalue weighted by atomic mass is 10.1. The summed E-state index contributed by atoms with van der Waals surface area (Å²) in [5, 5.41) is 3.23. The molecule has 21 heavy (non-hydrogen) atoms. The Hall–Kier alpha value is -2.21. The molecule has 0 atom stereocenters. The molecule has 0 bridgehead atoms. The van der Waals surface area contributed by atoms with Crippen LogP contribution in [0.25, 0.3) is 21.6 Å². The summed E-state index contributed by atoms with van der Waals surface area (Å²) in [6.07, 6.45) is 0. The van der Waals surface area contributed by atoms with Crippen molar-refractivity contribution in [1.29, 1.82) is 0 Å². The van der Waals surface area contributed by atoms with Gasteiger partial charge in [-0.3, -0.25) is 0 Å². The van der Waals surface area contributed by atoms with Gasteiger partial charge in [0.1, 0.15) is 23.1 Å². The Morgan fingerprint density at radius 2 is 2.14 bits per heavy atom. The molecule has 0 aliphatic heterocycles. The van der Waals surface area contributed by atoms with Crippen LogP contribution >= 0.6 is 11.3 Å². The van der Waals surface area contributed by atoms with Crippen molar-refractivity contribution >= 4 is 27.9 Å². The highest BCUT2D eigenvalue weighted by molar-refractivity contribution is 7.13. The van der Waals surface area contributed by atoms with Crippen LogP contribution in [-0.2, 0) is 6.67 Å². The van der Waals surface area contributed by atoms with Crippen LogP contribution in [-0.4, -0.2) is 17.1 Å². The number of fused-ring (bicyclic) bond motifs is 1. The average molecular weight is 303 g/mol. The Balaban J connectivity index is 2.23. The first-order valence-electron chi connectivity index (χ1n) is 6.38. The molecule has 3 rings (SSSR count). The highest BCUT2D eigenvalue weighted by Crippen LogP contribution is 2.33. The van der Waals surface area contributed by atoms with Crippen LogP contribution in [0, 0.1) is 6.92 Å². The van der Waals surface area contributed by atoms with Gasteiger partial charge in [-0.25, -0.2) is 14.4 Å². The maximum Gasteiger partial charge on any atom is 0.142 e. The Labute approximate surface area is 125 Å².